The molecule has 0 aromatic heterocycles. The lowest BCUT2D eigenvalue weighted by Gasteiger charge is -2.24. The van der Waals surface area contributed by atoms with E-state index in [0.29, 0.717) is 6.04 Å². The predicted octanol–water partition coefficient (Wildman–Crippen LogP) is -0.522. The molecule has 2 unspecified atom stereocenters. The van der Waals surface area contributed by atoms with Crippen molar-refractivity contribution in [3.63, 3.8) is 0 Å². The Bertz CT molecular complexity index is 73.7. The minimum atomic E-state index is 0.600. The third-order valence-electron chi connectivity index (χ3n) is 1.89. The summed E-state index contributed by atoms with van der Waals surface area (Å²) in [7, 11) is 1.99. The fourth-order valence-corrected chi connectivity index (χ4v) is 0.982. The third kappa shape index (κ3) is 0.844. The molecule has 2 N–H and O–H groups in total. The van der Waals surface area contributed by atoms with Crippen LogP contribution in [0.4, 0.5) is 0 Å². The van der Waals surface area contributed by atoms with E-state index in [1.807, 2.05) is 12.1 Å². The first-order valence-corrected chi connectivity index (χ1v) is 3.02. The van der Waals surface area contributed by atoms with E-state index in [1.165, 1.54) is 0 Å². The van der Waals surface area contributed by atoms with Gasteiger partial charge in [0.2, 0.25) is 0 Å². The SMILES string of the molecule is CC1CC[NH+]([NH-])N1C. The topological polar surface area (TPSA) is 31.5 Å². The lowest BCUT2D eigenvalue weighted by atomic mass is 10.3. The zero-order valence-electron chi connectivity index (χ0n) is 5.44. The van der Waals surface area contributed by atoms with Crippen molar-refractivity contribution in [2.24, 2.45) is 0 Å². The summed E-state index contributed by atoms with van der Waals surface area (Å²) in [6.45, 7) is 3.12. The molecule has 48 valence electrons. The predicted molar refractivity (Wildman–Crippen MR) is 32.0 cm³/mol. The highest BCUT2D eigenvalue weighted by molar-refractivity contribution is 4.58. The molecule has 1 rings (SSSR count). The molecule has 0 bridgehead atoms. The average molecular weight is 115 g/mol. The second kappa shape index (κ2) is 2.01. The summed E-state index contributed by atoms with van der Waals surface area (Å²) >= 11 is 0. The van der Waals surface area contributed by atoms with E-state index >= 15 is 0 Å². The fourth-order valence-electron chi connectivity index (χ4n) is 0.982. The van der Waals surface area contributed by atoms with E-state index in [9.17, 15) is 0 Å². The van der Waals surface area contributed by atoms with E-state index in [-0.39, 0.29) is 0 Å². The number of hydrogen-bond acceptors (Lipinski definition) is 1. The maximum Gasteiger partial charge on any atom is 0.0873 e. The van der Waals surface area contributed by atoms with Crippen LogP contribution < -0.4 is 5.12 Å². The van der Waals surface area contributed by atoms with Crippen molar-refractivity contribution < 1.29 is 5.12 Å². The van der Waals surface area contributed by atoms with Gasteiger partial charge in [0.15, 0.2) is 0 Å². The summed E-state index contributed by atoms with van der Waals surface area (Å²) in [5, 5.41) is 2.82. The van der Waals surface area contributed by atoms with Crippen LogP contribution >= 0.6 is 0 Å². The summed E-state index contributed by atoms with van der Waals surface area (Å²) in [6, 6.07) is 0.600. The van der Waals surface area contributed by atoms with Crippen molar-refractivity contribution in [3.8, 4) is 0 Å². The average Bonchev–Trinajstić information content (AvgIpc) is 1.98. The van der Waals surface area contributed by atoms with Gasteiger partial charge in [-0.25, -0.2) is 0 Å². The number of nitrogens with one attached hydrogen (secondary N) is 2. The van der Waals surface area contributed by atoms with Crippen LogP contribution in [0.2, 0.25) is 0 Å². The lowest BCUT2D eigenvalue weighted by molar-refractivity contribution is -0.956. The summed E-state index contributed by atoms with van der Waals surface area (Å²) < 4.78 is 0. The third-order valence-corrected chi connectivity index (χ3v) is 1.89. The van der Waals surface area contributed by atoms with Crippen molar-refractivity contribution in [1.82, 2.24) is 5.01 Å². The Morgan fingerprint density at radius 3 is 2.50 bits per heavy atom. The van der Waals surface area contributed by atoms with Crippen LogP contribution in [0.15, 0.2) is 0 Å². The molecule has 0 amide bonds. The van der Waals surface area contributed by atoms with Crippen LogP contribution in [0.1, 0.15) is 13.3 Å². The zero-order chi connectivity index (χ0) is 6.15. The summed E-state index contributed by atoms with van der Waals surface area (Å²) in [5.41, 5.74) is 0. The number of rotatable bonds is 0. The Hall–Kier alpha value is -0.120. The zero-order valence-corrected chi connectivity index (χ0v) is 5.44. The molecule has 1 heterocycles. The van der Waals surface area contributed by atoms with Crippen LogP contribution in [0.3, 0.4) is 0 Å². The van der Waals surface area contributed by atoms with Gasteiger partial charge in [0.05, 0.1) is 12.6 Å². The first-order chi connectivity index (χ1) is 3.72. The van der Waals surface area contributed by atoms with Crippen molar-refractivity contribution >= 4 is 0 Å². The highest BCUT2D eigenvalue weighted by Gasteiger charge is 2.22. The normalized spacial score (nSPS) is 40.9. The molecule has 1 saturated heterocycles. The highest BCUT2D eigenvalue weighted by Crippen LogP contribution is 1.98. The van der Waals surface area contributed by atoms with Gasteiger partial charge in [0.25, 0.3) is 0 Å². The molecule has 0 spiro atoms. The van der Waals surface area contributed by atoms with E-state index in [0.717, 1.165) is 18.1 Å². The molecule has 2 atom stereocenters. The summed E-state index contributed by atoms with van der Waals surface area (Å²) in [4.78, 5) is 0. The van der Waals surface area contributed by atoms with E-state index in [4.69, 9.17) is 5.84 Å². The monoisotopic (exact) mass is 115 g/mol. The van der Waals surface area contributed by atoms with Crippen molar-refractivity contribution in [2.75, 3.05) is 13.6 Å². The van der Waals surface area contributed by atoms with Crippen molar-refractivity contribution in [1.29, 1.82) is 0 Å². The molecule has 1 aliphatic rings. The summed E-state index contributed by atoms with van der Waals surface area (Å²) in [6.07, 6.45) is 1.16. The Balaban J connectivity index is 2.44. The van der Waals surface area contributed by atoms with Gasteiger partial charge in [0.1, 0.15) is 0 Å². The molecule has 0 aromatic carbocycles. The maximum atomic E-state index is 7.31. The standard InChI is InChI=1S/C5H13N3/c1-5-3-4-8(6)7(5)2/h5-6,8H,3-4H2,1-2H3. The molecule has 3 heteroatoms. The van der Waals surface area contributed by atoms with Gasteiger partial charge in [-0.3, -0.25) is 0 Å². The molecule has 0 aromatic rings. The van der Waals surface area contributed by atoms with E-state index in [2.05, 4.69) is 6.92 Å². The van der Waals surface area contributed by atoms with Crippen LogP contribution in [-0.4, -0.2) is 24.6 Å². The minimum Gasteiger partial charge on any atom is -0.448 e. The van der Waals surface area contributed by atoms with Crippen LogP contribution in [0.25, 0.3) is 5.84 Å². The molecule has 3 nitrogen and oxygen atoms in total. The van der Waals surface area contributed by atoms with Crippen molar-refractivity contribution in [2.45, 2.75) is 19.4 Å². The van der Waals surface area contributed by atoms with Gasteiger partial charge in [-0.05, 0) is 6.92 Å². The van der Waals surface area contributed by atoms with Gasteiger partial charge in [-0.2, -0.15) is 5.01 Å². The number of quaternary nitrogens is 1. The smallest absolute Gasteiger partial charge is 0.0873 e. The fraction of sp³-hybridized carbons (Fsp3) is 1.00. The second-order valence-electron chi connectivity index (χ2n) is 2.45. The quantitative estimate of drug-likeness (QED) is 0.452. The molecule has 8 heavy (non-hydrogen) atoms. The van der Waals surface area contributed by atoms with Crippen LogP contribution in [-0.2, 0) is 0 Å². The minimum absolute atomic E-state index is 0.600. The number of hydrogen-bond donors (Lipinski definition) is 1. The molecule has 0 radical (unpaired) electrons. The van der Waals surface area contributed by atoms with Gasteiger partial charge >= 0.3 is 0 Å². The highest BCUT2D eigenvalue weighted by atomic mass is 15.8. The Morgan fingerprint density at radius 1 is 1.75 bits per heavy atom. The van der Waals surface area contributed by atoms with Gasteiger partial charge in [0, 0.05) is 13.5 Å². The van der Waals surface area contributed by atoms with E-state index < -0.39 is 0 Å². The molecule has 0 aliphatic carbocycles. The first-order valence-electron chi connectivity index (χ1n) is 3.02. The van der Waals surface area contributed by atoms with E-state index in [1.54, 1.807) is 0 Å². The summed E-state index contributed by atoms with van der Waals surface area (Å²) in [5.74, 6) is 7.31. The second-order valence-corrected chi connectivity index (χ2v) is 2.45. The van der Waals surface area contributed by atoms with Crippen molar-refractivity contribution in [3.05, 3.63) is 5.84 Å². The first kappa shape index (κ1) is 6.01. The maximum absolute atomic E-state index is 7.31. The molecular formula is C5H13N3. The van der Waals surface area contributed by atoms with Crippen LogP contribution in [0.5, 0.6) is 0 Å². The van der Waals surface area contributed by atoms with Gasteiger partial charge in [-0.1, -0.05) is 0 Å². The Morgan fingerprint density at radius 2 is 2.38 bits per heavy atom. The molecule has 0 saturated carbocycles. The number of nitrogens with zero attached hydrogens (tertiary/aromatic N) is 1. The molecule has 1 aliphatic heterocycles. The Kier molecular flexibility index (Phi) is 1.51. The van der Waals surface area contributed by atoms with Crippen LogP contribution in [0, 0.1) is 0 Å². The Labute approximate surface area is 50.0 Å². The molecule has 1 fully saturated rings. The molecular weight excluding hydrogens is 102 g/mol. The van der Waals surface area contributed by atoms with Gasteiger partial charge in [-0.15, -0.1) is 0 Å². The lowest BCUT2D eigenvalue weighted by Crippen LogP contribution is -3.09. The largest absolute Gasteiger partial charge is 0.448 e. The van der Waals surface area contributed by atoms with Gasteiger partial charge < -0.3 is 11.0 Å².